The lowest BCUT2D eigenvalue weighted by molar-refractivity contribution is 0.0956. The Balaban J connectivity index is 1.68. The van der Waals surface area contributed by atoms with Gasteiger partial charge in [-0.05, 0) is 35.0 Å². The predicted molar refractivity (Wildman–Crippen MR) is 107 cm³/mol. The predicted octanol–water partition coefficient (Wildman–Crippen LogP) is 5.13. The fourth-order valence-corrected chi connectivity index (χ4v) is 3.12. The van der Waals surface area contributed by atoms with E-state index in [-0.39, 0.29) is 16.8 Å². The van der Waals surface area contributed by atoms with Crippen LogP contribution < -0.4 is 10.1 Å². The van der Waals surface area contributed by atoms with Crippen molar-refractivity contribution in [2.75, 3.05) is 12.4 Å². The molecule has 134 valence electrons. The fraction of sp³-hybridized carbons (Fsp3) is 0.0476. The second-order valence-electron chi connectivity index (χ2n) is 5.99. The van der Waals surface area contributed by atoms with E-state index in [0.717, 1.165) is 16.5 Å². The summed E-state index contributed by atoms with van der Waals surface area (Å²) < 4.78 is 6.87. The number of para-hydroxylation sites is 2. The molecule has 0 aliphatic heterocycles. The molecule has 0 aliphatic rings. The fourth-order valence-electron chi connectivity index (χ4n) is 2.91. The van der Waals surface area contributed by atoms with Gasteiger partial charge < -0.3 is 10.1 Å². The van der Waals surface area contributed by atoms with Crippen LogP contribution in [0.15, 0.2) is 73.1 Å². The zero-order chi connectivity index (χ0) is 18.8. The van der Waals surface area contributed by atoms with Gasteiger partial charge in [0.15, 0.2) is 0 Å². The van der Waals surface area contributed by atoms with Crippen LogP contribution in [-0.2, 0) is 0 Å². The minimum absolute atomic E-state index is 0.231. The summed E-state index contributed by atoms with van der Waals surface area (Å²) in [7, 11) is 1.60. The number of nitrogens with zero attached hydrogens (tertiary/aromatic N) is 2. The Morgan fingerprint density at radius 3 is 2.41 bits per heavy atom. The Kier molecular flexibility index (Phi) is 4.52. The lowest BCUT2D eigenvalue weighted by Crippen LogP contribution is -2.12. The number of nitrogens with one attached hydrogen (secondary N) is 1. The smallest absolute Gasteiger partial charge is 0.280 e. The third-order valence-corrected chi connectivity index (χ3v) is 4.38. The number of carbonyl (C=O) groups is 1. The van der Waals surface area contributed by atoms with Crippen LogP contribution in [0, 0.1) is 0 Å². The van der Waals surface area contributed by atoms with E-state index in [1.54, 1.807) is 31.6 Å². The topological polar surface area (TPSA) is 56.1 Å². The highest BCUT2D eigenvalue weighted by molar-refractivity contribution is 6.29. The van der Waals surface area contributed by atoms with E-state index in [0.29, 0.717) is 11.4 Å². The SMILES string of the molecule is COc1ccccc1Nc1cc(Cl)nc(C(=O)n2cc3ccccc3c2)c1. The van der Waals surface area contributed by atoms with Gasteiger partial charge in [0.2, 0.25) is 0 Å². The zero-order valence-corrected chi connectivity index (χ0v) is 15.3. The van der Waals surface area contributed by atoms with Crippen molar-refractivity contribution in [2.45, 2.75) is 0 Å². The van der Waals surface area contributed by atoms with E-state index >= 15 is 0 Å². The van der Waals surface area contributed by atoms with E-state index in [9.17, 15) is 4.79 Å². The summed E-state index contributed by atoms with van der Waals surface area (Å²) in [5.74, 6) is 0.437. The summed E-state index contributed by atoms with van der Waals surface area (Å²) in [5.41, 5.74) is 1.67. The number of aromatic nitrogens is 2. The van der Waals surface area contributed by atoms with Gasteiger partial charge in [0.1, 0.15) is 16.6 Å². The lowest BCUT2D eigenvalue weighted by atomic mass is 10.2. The van der Waals surface area contributed by atoms with E-state index < -0.39 is 0 Å². The first kappa shape index (κ1) is 17.1. The number of rotatable bonds is 4. The van der Waals surface area contributed by atoms with Gasteiger partial charge >= 0.3 is 0 Å². The quantitative estimate of drug-likeness (QED) is 0.501. The maximum absolute atomic E-state index is 12.9. The van der Waals surface area contributed by atoms with Crippen molar-refractivity contribution < 1.29 is 9.53 Å². The molecule has 2 heterocycles. The Morgan fingerprint density at radius 1 is 1.04 bits per heavy atom. The first-order valence-electron chi connectivity index (χ1n) is 8.33. The summed E-state index contributed by atoms with van der Waals surface area (Å²) in [6.07, 6.45) is 3.57. The summed E-state index contributed by atoms with van der Waals surface area (Å²) in [4.78, 5) is 17.1. The van der Waals surface area contributed by atoms with Crippen LogP contribution in [0.25, 0.3) is 10.8 Å². The van der Waals surface area contributed by atoms with Crippen molar-refractivity contribution >= 4 is 39.7 Å². The van der Waals surface area contributed by atoms with E-state index in [2.05, 4.69) is 10.3 Å². The Bertz CT molecular complexity index is 1100. The Morgan fingerprint density at radius 2 is 1.70 bits per heavy atom. The number of pyridine rings is 1. The zero-order valence-electron chi connectivity index (χ0n) is 14.5. The van der Waals surface area contributed by atoms with Crippen molar-refractivity contribution in [2.24, 2.45) is 0 Å². The summed E-state index contributed by atoms with van der Waals surface area (Å²) in [6, 6.07) is 18.6. The summed E-state index contributed by atoms with van der Waals surface area (Å²) in [6.45, 7) is 0. The molecule has 27 heavy (non-hydrogen) atoms. The number of methoxy groups -OCH3 is 1. The molecule has 0 unspecified atom stereocenters. The molecule has 0 amide bonds. The molecule has 0 bridgehead atoms. The molecule has 0 fully saturated rings. The number of benzene rings is 2. The second kappa shape index (κ2) is 7.13. The largest absolute Gasteiger partial charge is 0.495 e. The number of hydrogen-bond acceptors (Lipinski definition) is 4. The van der Waals surface area contributed by atoms with Gasteiger partial charge in [0.25, 0.3) is 5.91 Å². The van der Waals surface area contributed by atoms with Gasteiger partial charge in [0, 0.05) is 18.1 Å². The first-order valence-corrected chi connectivity index (χ1v) is 8.71. The number of halogens is 1. The van der Waals surface area contributed by atoms with Gasteiger partial charge in [-0.3, -0.25) is 9.36 Å². The van der Waals surface area contributed by atoms with Crippen molar-refractivity contribution in [1.29, 1.82) is 0 Å². The van der Waals surface area contributed by atoms with Crippen LogP contribution in [0.5, 0.6) is 5.75 Å². The van der Waals surface area contributed by atoms with Gasteiger partial charge in [-0.2, -0.15) is 0 Å². The van der Waals surface area contributed by atoms with Crippen molar-refractivity contribution in [3.63, 3.8) is 0 Å². The normalized spacial score (nSPS) is 10.7. The lowest BCUT2D eigenvalue weighted by Gasteiger charge is -2.12. The molecule has 2 aromatic carbocycles. The van der Waals surface area contributed by atoms with Crippen molar-refractivity contribution in [3.05, 3.63) is 83.9 Å². The van der Waals surface area contributed by atoms with Crippen LogP contribution in [0.3, 0.4) is 0 Å². The average Bonchev–Trinajstić information content (AvgIpc) is 3.11. The standard InChI is InChI=1S/C21H16ClN3O2/c1-27-19-9-5-4-8-17(19)23-16-10-18(24-20(22)11-16)21(26)25-12-14-6-2-3-7-15(14)13-25/h2-13H,1H3,(H,23,24). The van der Waals surface area contributed by atoms with Gasteiger partial charge in [-0.25, -0.2) is 4.98 Å². The summed E-state index contributed by atoms with van der Waals surface area (Å²) in [5, 5.41) is 5.43. The molecule has 4 rings (SSSR count). The molecule has 1 N–H and O–H groups in total. The third-order valence-electron chi connectivity index (χ3n) is 4.19. The number of anilines is 2. The molecule has 6 heteroatoms. The van der Waals surface area contributed by atoms with Crippen LogP contribution in [0.1, 0.15) is 10.5 Å². The molecule has 0 radical (unpaired) electrons. The molecule has 2 aromatic heterocycles. The molecular formula is C21H16ClN3O2. The van der Waals surface area contributed by atoms with Crippen LogP contribution in [0.4, 0.5) is 11.4 Å². The average molecular weight is 378 g/mol. The monoisotopic (exact) mass is 377 g/mol. The maximum Gasteiger partial charge on any atom is 0.280 e. The molecule has 4 aromatic rings. The van der Waals surface area contributed by atoms with Gasteiger partial charge in [0.05, 0.1) is 12.8 Å². The minimum atomic E-state index is -0.253. The number of fused-ring (bicyclic) bond motifs is 1. The number of carbonyl (C=O) groups excluding carboxylic acids is 1. The second-order valence-corrected chi connectivity index (χ2v) is 6.38. The molecule has 0 atom stereocenters. The third kappa shape index (κ3) is 3.50. The highest BCUT2D eigenvalue weighted by Gasteiger charge is 2.14. The highest BCUT2D eigenvalue weighted by atomic mass is 35.5. The molecule has 0 saturated carbocycles. The van der Waals surface area contributed by atoms with Crippen molar-refractivity contribution in [1.82, 2.24) is 9.55 Å². The Labute approximate surface area is 161 Å². The van der Waals surface area contributed by atoms with Gasteiger partial charge in [-0.1, -0.05) is 48.0 Å². The van der Waals surface area contributed by atoms with E-state index in [1.165, 1.54) is 4.57 Å². The molecular weight excluding hydrogens is 362 g/mol. The number of ether oxygens (including phenoxy) is 1. The van der Waals surface area contributed by atoms with Crippen LogP contribution in [0.2, 0.25) is 5.15 Å². The van der Waals surface area contributed by atoms with Gasteiger partial charge in [-0.15, -0.1) is 0 Å². The highest BCUT2D eigenvalue weighted by Crippen LogP contribution is 2.28. The van der Waals surface area contributed by atoms with Crippen LogP contribution >= 0.6 is 11.6 Å². The van der Waals surface area contributed by atoms with Crippen LogP contribution in [-0.4, -0.2) is 22.6 Å². The van der Waals surface area contributed by atoms with E-state index in [1.807, 2.05) is 48.5 Å². The molecule has 0 aliphatic carbocycles. The molecule has 5 nitrogen and oxygen atoms in total. The Hall–Kier alpha value is -3.31. The maximum atomic E-state index is 12.9. The first-order chi connectivity index (χ1) is 13.1. The molecule has 0 spiro atoms. The van der Waals surface area contributed by atoms with E-state index in [4.69, 9.17) is 16.3 Å². The minimum Gasteiger partial charge on any atom is -0.495 e. The number of hydrogen-bond donors (Lipinski definition) is 1. The molecule has 0 saturated heterocycles. The van der Waals surface area contributed by atoms with Crippen molar-refractivity contribution in [3.8, 4) is 5.75 Å². The summed E-state index contributed by atoms with van der Waals surface area (Å²) >= 11 is 6.16.